The summed E-state index contributed by atoms with van der Waals surface area (Å²) in [4.78, 5) is 0.350. The van der Waals surface area contributed by atoms with Crippen LogP contribution in [-0.2, 0) is 10.0 Å². The van der Waals surface area contributed by atoms with Crippen molar-refractivity contribution < 1.29 is 8.42 Å². The third-order valence-corrected chi connectivity index (χ3v) is 5.85. The fourth-order valence-electron chi connectivity index (χ4n) is 2.17. The van der Waals surface area contributed by atoms with Gasteiger partial charge in [0.2, 0.25) is 10.0 Å². The van der Waals surface area contributed by atoms with Crippen LogP contribution < -0.4 is 5.73 Å². The predicted molar refractivity (Wildman–Crippen MR) is 87.6 cm³/mol. The molecule has 0 aliphatic rings. The molecule has 0 aliphatic heterocycles. The summed E-state index contributed by atoms with van der Waals surface area (Å²) in [7, 11) is -3.43. The number of unbranched alkanes of at least 4 members (excludes halogenated alkanes) is 1. The molecule has 0 heterocycles. The molecule has 2 atom stereocenters. The lowest BCUT2D eigenvalue weighted by Crippen LogP contribution is -2.39. The maximum atomic E-state index is 12.8. The molecule has 0 saturated heterocycles. The fourth-order valence-corrected chi connectivity index (χ4v) is 3.92. The summed E-state index contributed by atoms with van der Waals surface area (Å²) in [6.07, 6.45) is 2.66. The molecule has 0 radical (unpaired) electrons. The predicted octanol–water partition coefficient (Wildman–Crippen LogP) is 3.30. The van der Waals surface area contributed by atoms with Gasteiger partial charge in [-0.25, -0.2) is 8.42 Å². The zero-order valence-electron chi connectivity index (χ0n) is 13.5. The first-order valence-corrected chi connectivity index (χ1v) is 9.16. The highest BCUT2D eigenvalue weighted by atomic mass is 32.2. The first-order valence-electron chi connectivity index (χ1n) is 7.71. The lowest BCUT2D eigenvalue weighted by atomic mass is 10.1. The van der Waals surface area contributed by atoms with Crippen LogP contribution >= 0.6 is 0 Å². The van der Waals surface area contributed by atoms with Crippen molar-refractivity contribution in [3.63, 3.8) is 0 Å². The van der Waals surface area contributed by atoms with Gasteiger partial charge in [-0.2, -0.15) is 4.31 Å². The number of hydrogen-bond donors (Lipinski definition) is 1. The van der Waals surface area contributed by atoms with Crippen LogP contribution in [0.1, 0.15) is 58.6 Å². The molecule has 4 nitrogen and oxygen atoms in total. The van der Waals surface area contributed by atoms with Gasteiger partial charge in [-0.1, -0.05) is 32.4 Å². The van der Waals surface area contributed by atoms with Gasteiger partial charge in [-0.3, -0.25) is 0 Å². The second kappa shape index (κ2) is 7.92. The Bertz CT molecular complexity index is 524. The second-order valence-corrected chi connectivity index (χ2v) is 7.47. The molecule has 0 saturated carbocycles. The maximum absolute atomic E-state index is 12.8. The van der Waals surface area contributed by atoms with Crippen molar-refractivity contribution >= 4 is 10.0 Å². The number of nitrogens with zero attached hydrogens (tertiary/aromatic N) is 1. The summed E-state index contributed by atoms with van der Waals surface area (Å²) >= 11 is 0. The minimum atomic E-state index is -3.43. The van der Waals surface area contributed by atoms with Crippen molar-refractivity contribution in [3.05, 3.63) is 29.8 Å². The molecule has 0 aliphatic carbocycles. The SMILES string of the molecule is CCCCN(C(C)CC)S(=O)(=O)c1ccc(C(C)N)cc1. The molecule has 0 bridgehead atoms. The number of sulfonamides is 1. The molecule has 21 heavy (non-hydrogen) atoms. The summed E-state index contributed by atoms with van der Waals surface area (Å²) < 4.78 is 27.3. The van der Waals surface area contributed by atoms with Crippen LogP contribution in [0.5, 0.6) is 0 Å². The van der Waals surface area contributed by atoms with Crippen LogP contribution in [0.15, 0.2) is 29.2 Å². The standard InChI is InChI=1S/C16H28N2O2S/c1-5-7-12-18(13(3)6-2)21(19,20)16-10-8-15(9-11-16)14(4)17/h8-11,13-14H,5-7,12,17H2,1-4H3. The molecular formula is C16H28N2O2S. The van der Waals surface area contributed by atoms with E-state index in [1.807, 2.05) is 20.8 Å². The smallest absolute Gasteiger partial charge is 0.243 e. The minimum absolute atomic E-state index is 0.00894. The second-order valence-electron chi connectivity index (χ2n) is 5.58. The molecule has 1 aromatic rings. The van der Waals surface area contributed by atoms with E-state index < -0.39 is 10.0 Å². The topological polar surface area (TPSA) is 63.4 Å². The number of nitrogens with two attached hydrogens (primary N) is 1. The Kier molecular flexibility index (Phi) is 6.84. The third-order valence-electron chi connectivity index (χ3n) is 3.83. The van der Waals surface area contributed by atoms with Crippen LogP contribution in [0, 0.1) is 0 Å². The van der Waals surface area contributed by atoms with Gasteiger partial charge in [0.1, 0.15) is 0 Å². The van der Waals surface area contributed by atoms with E-state index in [0.717, 1.165) is 24.8 Å². The average molecular weight is 312 g/mol. The Labute approximate surface area is 129 Å². The Hall–Kier alpha value is -0.910. The highest BCUT2D eigenvalue weighted by Gasteiger charge is 2.27. The van der Waals surface area contributed by atoms with Gasteiger partial charge in [0, 0.05) is 18.6 Å². The Balaban J connectivity index is 3.09. The van der Waals surface area contributed by atoms with E-state index in [1.165, 1.54) is 0 Å². The van der Waals surface area contributed by atoms with E-state index in [4.69, 9.17) is 5.73 Å². The molecule has 0 fully saturated rings. The maximum Gasteiger partial charge on any atom is 0.243 e. The molecule has 2 N–H and O–H groups in total. The van der Waals surface area contributed by atoms with Gasteiger partial charge < -0.3 is 5.73 Å². The van der Waals surface area contributed by atoms with Gasteiger partial charge in [0.05, 0.1) is 4.90 Å². The summed E-state index contributed by atoms with van der Waals surface area (Å²) in [5.74, 6) is 0. The van der Waals surface area contributed by atoms with Gasteiger partial charge >= 0.3 is 0 Å². The van der Waals surface area contributed by atoms with Crippen molar-refractivity contribution in [2.75, 3.05) is 6.54 Å². The van der Waals surface area contributed by atoms with E-state index in [9.17, 15) is 8.42 Å². The average Bonchev–Trinajstić information content (AvgIpc) is 2.47. The Morgan fingerprint density at radius 2 is 1.71 bits per heavy atom. The van der Waals surface area contributed by atoms with E-state index in [2.05, 4.69) is 6.92 Å². The number of hydrogen-bond acceptors (Lipinski definition) is 3. The molecule has 0 spiro atoms. The monoisotopic (exact) mass is 312 g/mol. The largest absolute Gasteiger partial charge is 0.324 e. The van der Waals surface area contributed by atoms with Gasteiger partial charge in [0.25, 0.3) is 0 Å². The first kappa shape index (κ1) is 18.1. The number of rotatable bonds is 8. The third kappa shape index (κ3) is 4.53. The lowest BCUT2D eigenvalue weighted by molar-refractivity contribution is 0.324. The molecule has 5 heteroatoms. The summed E-state index contributed by atoms with van der Waals surface area (Å²) in [6, 6.07) is 6.84. The van der Waals surface area contributed by atoms with E-state index in [-0.39, 0.29) is 12.1 Å². The van der Waals surface area contributed by atoms with Gasteiger partial charge in [-0.15, -0.1) is 0 Å². The molecule has 2 unspecified atom stereocenters. The number of benzene rings is 1. The van der Waals surface area contributed by atoms with Crippen LogP contribution in [0.25, 0.3) is 0 Å². The van der Waals surface area contributed by atoms with E-state index >= 15 is 0 Å². The highest BCUT2D eigenvalue weighted by molar-refractivity contribution is 7.89. The van der Waals surface area contributed by atoms with Gasteiger partial charge in [0.15, 0.2) is 0 Å². The van der Waals surface area contributed by atoms with Crippen molar-refractivity contribution in [1.82, 2.24) is 4.31 Å². The highest BCUT2D eigenvalue weighted by Crippen LogP contribution is 2.22. The fraction of sp³-hybridized carbons (Fsp3) is 0.625. The quantitative estimate of drug-likeness (QED) is 0.801. The molecule has 120 valence electrons. The molecule has 1 rings (SSSR count). The normalized spacial score (nSPS) is 15.1. The van der Waals surface area contributed by atoms with Crippen LogP contribution in [0.4, 0.5) is 0 Å². The summed E-state index contributed by atoms with van der Waals surface area (Å²) in [6.45, 7) is 8.50. The van der Waals surface area contributed by atoms with Crippen LogP contribution in [-0.4, -0.2) is 25.3 Å². The van der Waals surface area contributed by atoms with E-state index in [1.54, 1.807) is 28.6 Å². The van der Waals surface area contributed by atoms with Crippen LogP contribution in [0.2, 0.25) is 0 Å². The van der Waals surface area contributed by atoms with Crippen molar-refractivity contribution in [3.8, 4) is 0 Å². The molecule has 1 aromatic carbocycles. The Morgan fingerprint density at radius 1 is 1.14 bits per heavy atom. The van der Waals surface area contributed by atoms with Crippen molar-refractivity contribution in [2.45, 2.75) is 63.9 Å². The lowest BCUT2D eigenvalue weighted by Gasteiger charge is -2.27. The minimum Gasteiger partial charge on any atom is -0.324 e. The van der Waals surface area contributed by atoms with Crippen molar-refractivity contribution in [2.24, 2.45) is 5.73 Å². The van der Waals surface area contributed by atoms with E-state index in [0.29, 0.717) is 11.4 Å². The zero-order valence-corrected chi connectivity index (χ0v) is 14.4. The van der Waals surface area contributed by atoms with Gasteiger partial charge in [-0.05, 0) is 44.4 Å². The van der Waals surface area contributed by atoms with Crippen molar-refractivity contribution in [1.29, 1.82) is 0 Å². The molecular weight excluding hydrogens is 284 g/mol. The Morgan fingerprint density at radius 3 is 2.14 bits per heavy atom. The zero-order chi connectivity index (χ0) is 16.0. The molecule has 0 amide bonds. The molecule has 0 aromatic heterocycles. The van der Waals surface area contributed by atoms with Crippen LogP contribution in [0.3, 0.4) is 0 Å². The summed E-state index contributed by atoms with van der Waals surface area (Å²) in [5, 5.41) is 0. The first-order chi connectivity index (χ1) is 9.84. The summed E-state index contributed by atoms with van der Waals surface area (Å²) in [5.41, 5.74) is 6.75.